The van der Waals surface area contributed by atoms with Crippen LogP contribution in [-0.4, -0.2) is 44.1 Å². The summed E-state index contributed by atoms with van der Waals surface area (Å²) < 4.78 is 29.2. The van der Waals surface area contributed by atoms with Gasteiger partial charge >= 0.3 is 5.97 Å². The van der Waals surface area contributed by atoms with Crippen LogP contribution in [0.4, 0.5) is 0 Å². The molecule has 0 amide bonds. The second-order valence-corrected chi connectivity index (χ2v) is 5.90. The highest BCUT2D eigenvalue weighted by molar-refractivity contribution is 7.89. The lowest BCUT2D eigenvalue weighted by atomic mass is 10.4. The monoisotopic (exact) mass is 237 g/mol. The average Bonchev–Trinajstić information content (AvgIpc) is 2.17. The summed E-state index contributed by atoms with van der Waals surface area (Å²) in [5.41, 5.74) is 0. The Morgan fingerprint density at radius 3 is 2.27 bits per heavy atom. The van der Waals surface area contributed by atoms with E-state index in [0.717, 1.165) is 0 Å². The molecular weight excluding hydrogens is 218 g/mol. The molecule has 0 radical (unpaired) electrons. The summed E-state index contributed by atoms with van der Waals surface area (Å²) in [6, 6.07) is 0. The van der Waals surface area contributed by atoms with Gasteiger partial charge in [-0.25, -0.2) is 12.7 Å². The fourth-order valence-electron chi connectivity index (χ4n) is 1.08. The van der Waals surface area contributed by atoms with Crippen molar-refractivity contribution in [2.45, 2.75) is 32.4 Å². The van der Waals surface area contributed by atoms with Crippen molar-refractivity contribution in [2.75, 3.05) is 20.2 Å². The maximum Gasteiger partial charge on any atom is 0.306 e. The van der Waals surface area contributed by atoms with Crippen LogP contribution in [0.15, 0.2) is 0 Å². The number of rotatable bonds is 6. The van der Waals surface area contributed by atoms with Crippen molar-refractivity contribution in [1.82, 2.24) is 4.31 Å². The van der Waals surface area contributed by atoms with Crippen molar-refractivity contribution in [3.8, 4) is 0 Å². The van der Waals surface area contributed by atoms with Crippen LogP contribution in [0.5, 0.6) is 0 Å². The van der Waals surface area contributed by atoms with Crippen LogP contribution < -0.4 is 0 Å². The quantitative estimate of drug-likeness (QED) is 0.635. The molecule has 0 unspecified atom stereocenters. The molecule has 0 fully saturated rings. The summed E-state index contributed by atoms with van der Waals surface area (Å²) in [7, 11) is -1.98. The van der Waals surface area contributed by atoms with Crippen molar-refractivity contribution in [1.29, 1.82) is 0 Å². The molecule has 0 N–H and O–H groups in total. The van der Waals surface area contributed by atoms with Crippen LogP contribution in [0.25, 0.3) is 0 Å². The lowest BCUT2D eigenvalue weighted by Gasteiger charge is -2.22. The highest BCUT2D eigenvalue weighted by Gasteiger charge is 2.24. The van der Waals surface area contributed by atoms with Gasteiger partial charge in [-0.3, -0.25) is 4.79 Å². The van der Waals surface area contributed by atoms with E-state index in [-0.39, 0.29) is 13.0 Å². The third-order valence-electron chi connectivity index (χ3n) is 2.10. The summed E-state index contributed by atoms with van der Waals surface area (Å²) in [6.07, 6.45) is 0.0935. The number of methoxy groups -OCH3 is 1. The van der Waals surface area contributed by atoms with Gasteiger partial charge < -0.3 is 4.74 Å². The Morgan fingerprint density at radius 1 is 1.40 bits per heavy atom. The van der Waals surface area contributed by atoms with E-state index >= 15 is 0 Å². The van der Waals surface area contributed by atoms with Gasteiger partial charge in [0.2, 0.25) is 10.0 Å². The number of hydrogen-bond acceptors (Lipinski definition) is 4. The zero-order valence-corrected chi connectivity index (χ0v) is 10.5. The van der Waals surface area contributed by atoms with Crippen LogP contribution in [0.1, 0.15) is 27.2 Å². The summed E-state index contributed by atoms with van der Waals surface area (Å²) in [6.45, 7) is 5.55. The SMILES string of the molecule is CCN(CCC(=O)OC)S(=O)(=O)C(C)C. The number of carbonyl (C=O) groups is 1. The van der Waals surface area contributed by atoms with Gasteiger partial charge in [-0.15, -0.1) is 0 Å². The lowest BCUT2D eigenvalue weighted by molar-refractivity contribution is -0.140. The van der Waals surface area contributed by atoms with Crippen molar-refractivity contribution in [3.05, 3.63) is 0 Å². The molecule has 0 aliphatic rings. The standard InChI is InChI=1S/C9H19NO4S/c1-5-10(7-6-9(11)14-4)15(12,13)8(2)3/h8H,5-7H2,1-4H3. The van der Waals surface area contributed by atoms with E-state index in [1.807, 2.05) is 0 Å². The predicted molar refractivity (Wildman–Crippen MR) is 57.9 cm³/mol. The van der Waals surface area contributed by atoms with E-state index in [0.29, 0.717) is 6.54 Å². The molecule has 90 valence electrons. The topological polar surface area (TPSA) is 63.7 Å². The van der Waals surface area contributed by atoms with Gasteiger partial charge in [-0.2, -0.15) is 0 Å². The minimum Gasteiger partial charge on any atom is -0.469 e. The molecule has 0 spiro atoms. The first-order chi connectivity index (χ1) is 6.86. The van der Waals surface area contributed by atoms with E-state index in [4.69, 9.17) is 0 Å². The van der Waals surface area contributed by atoms with Crippen LogP contribution in [0.3, 0.4) is 0 Å². The number of hydrogen-bond donors (Lipinski definition) is 0. The zero-order chi connectivity index (χ0) is 12.1. The Balaban J connectivity index is 4.45. The molecule has 0 saturated carbocycles. The van der Waals surface area contributed by atoms with Gasteiger partial charge in [0, 0.05) is 13.1 Å². The van der Waals surface area contributed by atoms with Crippen LogP contribution in [-0.2, 0) is 19.6 Å². The summed E-state index contributed by atoms with van der Waals surface area (Å²) in [5, 5.41) is -0.463. The fraction of sp³-hybridized carbons (Fsp3) is 0.889. The van der Waals surface area contributed by atoms with E-state index in [1.165, 1.54) is 11.4 Å². The molecule has 5 nitrogen and oxygen atoms in total. The number of esters is 1. The smallest absolute Gasteiger partial charge is 0.306 e. The Hall–Kier alpha value is -0.620. The van der Waals surface area contributed by atoms with Crippen molar-refractivity contribution < 1.29 is 17.9 Å². The molecule has 0 aliphatic carbocycles. The molecule has 15 heavy (non-hydrogen) atoms. The first-order valence-corrected chi connectivity index (χ1v) is 6.42. The minimum absolute atomic E-state index is 0.0935. The Labute approximate surface area is 91.5 Å². The second-order valence-electron chi connectivity index (χ2n) is 3.41. The highest BCUT2D eigenvalue weighted by Crippen LogP contribution is 2.08. The van der Waals surface area contributed by atoms with Gasteiger partial charge in [0.15, 0.2) is 0 Å². The van der Waals surface area contributed by atoms with Crippen LogP contribution in [0, 0.1) is 0 Å². The third-order valence-corrected chi connectivity index (χ3v) is 4.45. The normalized spacial score (nSPS) is 12.1. The predicted octanol–water partition coefficient (Wildman–Crippen LogP) is 0.610. The van der Waals surface area contributed by atoms with Gasteiger partial charge in [0.25, 0.3) is 0 Å². The maximum absolute atomic E-state index is 11.7. The Bertz CT molecular complexity index is 297. The molecule has 0 heterocycles. The number of carbonyl (C=O) groups excluding carboxylic acids is 1. The molecule has 0 aromatic carbocycles. The van der Waals surface area contributed by atoms with E-state index in [9.17, 15) is 13.2 Å². The molecule has 0 atom stereocenters. The Morgan fingerprint density at radius 2 is 1.93 bits per heavy atom. The van der Waals surface area contributed by atoms with Gasteiger partial charge in [0.1, 0.15) is 0 Å². The number of sulfonamides is 1. The van der Waals surface area contributed by atoms with Crippen molar-refractivity contribution in [3.63, 3.8) is 0 Å². The van der Waals surface area contributed by atoms with Crippen molar-refractivity contribution >= 4 is 16.0 Å². The highest BCUT2D eigenvalue weighted by atomic mass is 32.2. The zero-order valence-electron chi connectivity index (χ0n) is 9.69. The maximum atomic E-state index is 11.7. The molecular formula is C9H19NO4S. The average molecular weight is 237 g/mol. The third kappa shape index (κ3) is 4.17. The molecule has 0 aromatic rings. The fourth-order valence-corrected chi connectivity index (χ4v) is 2.38. The second kappa shape index (κ2) is 6.07. The lowest BCUT2D eigenvalue weighted by Crippen LogP contribution is -2.37. The number of ether oxygens (including phenoxy) is 1. The molecule has 0 saturated heterocycles. The first-order valence-electron chi connectivity index (χ1n) is 4.92. The molecule has 0 aliphatic heterocycles. The summed E-state index contributed by atoms with van der Waals surface area (Å²) >= 11 is 0. The molecule has 0 bridgehead atoms. The Kier molecular flexibility index (Phi) is 5.82. The van der Waals surface area contributed by atoms with Gasteiger partial charge in [-0.1, -0.05) is 6.92 Å². The molecule has 0 aromatic heterocycles. The minimum atomic E-state index is -3.27. The summed E-state index contributed by atoms with van der Waals surface area (Å²) in [5.74, 6) is -0.396. The summed E-state index contributed by atoms with van der Waals surface area (Å²) in [4.78, 5) is 10.9. The first kappa shape index (κ1) is 14.4. The van der Waals surface area contributed by atoms with Gasteiger partial charge in [-0.05, 0) is 13.8 Å². The van der Waals surface area contributed by atoms with Crippen LogP contribution in [0.2, 0.25) is 0 Å². The molecule has 6 heteroatoms. The van der Waals surface area contributed by atoms with Crippen molar-refractivity contribution in [2.24, 2.45) is 0 Å². The largest absolute Gasteiger partial charge is 0.469 e. The molecule has 0 rings (SSSR count). The van der Waals surface area contributed by atoms with Gasteiger partial charge in [0.05, 0.1) is 18.8 Å². The number of nitrogens with zero attached hydrogens (tertiary/aromatic N) is 1. The van der Waals surface area contributed by atoms with E-state index in [2.05, 4.69) is 4.74 Å². The van der Waals surface area contributed by atoms with E-state index in [1.54, 1.807) is 20.8 Å². The van der Waals surface area contributed by atoms with Crippen LogP contribution >= 0.6 is 0 Å². The van der Waals surface area contributed by atoms with E-state index < -0.39 is 21.2 Å².